The van der Waals surface area contributed by atoms with Gasteiger partial charge < -0.3 is 9.47 Å². The molecule has 2 atom stereocenters. The molecule has 0 bridgehead atoms. The van der Waals surface area contributed by atoms with Gasteiger partial charge in [0.25, 0.3) is 0 Å². The smallest absolute Gasteiger partial charge is 0.240 e. The summed E-state index contributed by atoms with van der Waals surface area (Å²) >= 11 is 0. The van der Waals surface area contributed by atoms with Crippen LogP contribution in [0.3, 0.4) is 0 Å². The van der Waals surface area contributed by atoms with Crippen LogP contribution >= 0.6 is 0 Å². The summed E-state index contributed by atoms with van der Waals surface area (Å²) in [5.74, 6) is 0.630. The molecular weight excluding hydrogens is 350 g/mol. The lowest BCUT2D eigenvalue weighted by Crippen LogP contribution is -2.46. The molecule has 0 radical (unpaired) electrons. The van der Waals surface area contributed by atoms with Crippen molar-refractivity contribution >= 4 is 10.0 Å². The van der Waals surface area contributed by atoms with Gasteiger partial charge in [-0.2, -0.15) is 0 Å². The maximum Gasteiger partial charge on any atom is 0.240 e. The van der Waals surface area contributed by atoms with E-state index < -0.39 is 10.0 Å². The van der Waals surface area contributed by atoms with Crippen molar-refractivity contribution in [2.24, 2.45) is 0 Å². The van der Waals surface area contributed by atoms with Gasteiger partial charge >= 0.3 is 0 Å². The molecule has 1 saturated carbocycles. The van der Waals surface area contributed by atoms with E-state index in [0.29, 0.717) is 12.4 Å². The first-order chi connectivity index (χ1) is 12.6. The molecule has 6 heteroatoms. The van der Waals surface area contributed by atoms with Crippen molar-refractivity contribution in [3.8, 4) is 5.75 Å². The Kier molecular flexibility index (Phi) is 6.29. The Bertz CT molecular complexity index is 790. The summed E-state index contributed by atoms with van der Waals surface area (Å²) in [7, 11) is -2.03. The predicted octanol–water partition coefficient (Wildman–Crippen LogP) is 3.50. The lowest BCUT2D eigenvalue weighted by atomic mass is 9.93. The first-order valence-electron chi connectivity index (χ1n) is 8.90. The Morgan fingerprint density at radius 2 is 1.69 bits per heavy atom. The molecule has 0 spiro atoms. The molecule has 140 valence electrons. The van der Waals surface area contributed by atoms with Crippen LogP contribution in [0, 0.1) is 0 Å². The van der Waals surface area contributed by atoms with Crippen LogP contribution in [0.1, 0.15) is 31.2 Å². The minimum atomic E-state index is -3.59. The summed E-state index contributed by atoms with van der Waals surface area (Å²) in [5, 5.41) is 0. The molecule has 0 amide bonds. The normalized spacial score (nSPS) is 20.7. The largest absolute Gasteiger partial charge is 0.497 e. The number of ether oxygens (including phenoxy) is 2. The fraction of sp³-hybridized carbons (Fsp3) is 0.400. The van der Waals surface area contributed by atoms with Crippen molar-refractivity contribution in [2.75, 3.05) is 7.11 Å². The van der Waals surface area contributed by atoms with E-state index in [0.717, 1.165) is 31.2 Å². The summed E-state index contributed by atoms with van der Waals surface area (Å²) in [4.78, 5) is 0.241. The van der Waals surface area contributed by atoms with Gasteiger partial charge in [-0.3, -0.25) is 0 Å². The van der Waals surface area contributed by atoms with Gasteiger partial charge in [0.05, 0.1) is 24.7 Å². The monoisotopic (exact) mass is 375 g/mol. The SMILES string of the molecule is COc1ccc(S(=O)(=O)N[C@H]2CCCC[C@@H]2OCc2ccccc2)cc1. The van der Waals surface area contributed by atoms with Gasteiger partial charge in [0.1, 0.15) is 5.75 Å². The molecule has 2 aromatic carbocycles. The van der Waals surface area contributed by atoms with E-state index in [-0.39, 0.29) is 17.0 Å². The summed E-state index contributed by atoms with van der Waals surface area (Å²) in [6, 6.07) is 16.2. The number of hydrogen-bond acceptors (Lipinski definition) is 4. The predicted molar refractivity (Wildman–Crippen MR) is 101 cm³/mol. The topological polar surface area (TPSA) is 64.6 Å². The van der Waals surface area contributed by atoms with E-state index in [1.165, 1.54) is 0 Å². The van der Waals surface area contributed by atoms with Crippen LogP contribution < -0.4 is 9.46 Å². The molecule has 1 fully saturated rings. The molecule has 1 aliphatic carbocycles. The lowest BCUT2D eigenvalue weighted by Gasteiger charge is -2.32. The van der Waals surface area contributed by atoms with Crippen molar-refractivity contribution in [3.05, 3.63) is 60.2 Å². The van der Waals surface area contributed by atoms with Crippen molar-refractivity contribution < 1.29 is 17.9 Å². The lowest BCUT2D eigenvalue weighted by molar-refractivity contribution is 0.0000294. The van der Waals surface area contributed by atoms with Crippen LogP contribution in [-0.2, 0) is 21.4 Å². The number of hydrogen-bond donors (Lipinski definition) is 1. The van der Waals surface area contributed by atoms with Crippen molar-refractivity contribution in [3.63, 3.8) is 0 Å². The van der Waals surface area contributed by atoms with E-state index >= 15 is 0 Å². The second-order valence-electron chi connectivity index (χ2n) is 6.52. The van der Waals surface area contributed by atoms with Gasteiger partial charge in [0.15, 0.2) is 0 Å². The summed E-state index contributed by atoms with van der Waals surface area (Å²) in [6.45, 7) is 0.492. The van der Waals surface area contributed by atoms with Gasteiger partial charge in [-0.15, -0.1) is 0 Å². The highest BCUT2D eigenvalue weighted by Crippen LogP contribution is 2.24. The first-order valence-corrected chi connectivity index (χ1v) is 10.4. The fourth-order valence-electron chi connectivity index (χ4n) is 3.23. The van der Waals surface area contributed by atoms with Gasteiger partial charge in [0, 0.05) is 6.04 Å². The quantitative estimate of drug-likeness (QED) is 0.804. The molecule has 1 N–H and O–H groups in total. The van der Waals surface area contributed by atoms with Gasteiger partial charge in [-0.1, -0.05) is 43.2 Å². The van der Waals surface area contributed by atoms with Gasteiger partial charge in [0.2, 0.25) is 10.0 Å². The van der Waals surface area contributed by atoms with Crippen LogP contribution in [-0.4, -0.2) is 27.7 Å². The molecule has 3 rings (SSSR count). The molecule has 0 aliphatic heterocycles. The summed E-state index contributed by atoms with van der Waals surface area (Å²) in [6.07, 6.45) is 3.59. The Morgan fingerprint density at radius 3 is 2.38 bits per heavy atom. The molecule has 0 heterocycles. The summed E-state index contributed by atoms with van der Waals surface area (Å²) in [5.41, 5.74) is 1.09. The summed E-state index contributed by atoms with van der Waals surface area (Å²) < 4.78 is 39.4. The van der Waals surface area contributed by atoms with E-state index in [2.05, 4.69) is 4.72 Å². The van der Waals surface area contributed by atoms with Crippen molar-refractivity contribution in [1.82, 2.24) is 4.72 Å². The highest BCUT2D eigenvalue weighted by atomic mass is 32.2. The number of rotatable bonds is 7. The molecule has 5 nitrogen and oxygen atoms in total. The highest BCUT2D eigenvalue weighted by molar-refractivity contribution is 7.89. The zero-order chi connectivity index (χ0) is 18.4. The van der Waals surface area contributed by atoms with E-state index in [1.807, 2.05) is 30.3 Å². The Hall–Kier alpha value is -1.89. The molecule has 0 saturated heterocycles. The Morgan fingerprint density at radius 1 is 1.00 bits per heavy atom. The minimum absolute atomic E-state index is 0.114. The molecule has 0 unspecified atom stereocenters. The molecule has 2 aromatic rings. The van der Waals surface area contributed by atoms with Crippen LogP contribution in [0.15, 0.2) is 59.5 Å². The molecule has 1 aliphatic rings. The fourth-order valence-corrected chi connectivity index (χ4v) is 4.53. The molecule has 0 aromatic heterocycles. The zero-order valence-corrected chi connectivity index (χ0v) is 15.7. The van der Waals surface area contributed by atoms with E-state index in [9.17, 15) is 8.42 Å². The maximum atomic E-state index is 12.7. The Labute approximate surface area is 155 Å². The van der Waals surface area contributed by atoms with Crippen LogP contribution in [0.25, 0.3) is 0 Å². The number of nitrogens with one attached hydrogen (secondary N) is 1. The van der Waals surface area contributed by atoms with Crippen LogP contribution in [0.2, 0.25) is 0 Å². The highest BCUT2D eigenvalue weighted by Gasteiger charge is 2.30. The van der Waals surface area contributed by atoms with Gasteiger partial charge in [-0.25, -0.2) is 13.1 Å². The van der Waals surface area contributed by atoms with Crippen molar-refractivity contribution in [1.29, 1.82) is 0 Å². The van der Waals surface area contributed by atoms with Gasteiger partial charge in [-0.05, 0) is 42.7 Å². The van der Waals surface area contributed by atoms with Crippen LogP contribution in [0.5, 0.6) is 5.75 Å². The zero-order valence-electron chi connectivity index (χ0n) is 14.9. The van der Waals surface area contributed by atoms with Crippen LogP contribution in [0.4, 0.5) is 0 Å². The Balaban J connectivity index is 1.66. The molecule has 26 heavy (non-hydrogen) atoms. The third-order valence-electron chi connectivity index (χ3n) is 4.69. The maximum absolute atomic E-state index is 12.7. The van der Waals surface area contributed by atoms with E-state index in [4.69, 9.17) is 9.47 Å². The third-order valence-corrected chi connectivity index (χ3v) is 6.19. The van der Waals surface area contributed by atoms with E-state index in [1.54, 1.807) is 31.4 Å². The third kappa shape index (κ3) is 4.84. The number of sulfonamides is 1. The number of methoxy groups -OCH3 is 1. The average molecular weight is 375 g/mol. The van der Waals surface area contributed by atoms with Crippen molar-refractivity contribution in [2.45, 2.75) is 49.3 Å². The minimum Gasteiger partial charge on any atom is -0.497 e. The first kappa shape index (κ1) is 18.9. The number of benzene rings is 2. The standard InChI is InChI=1S/C20H25NO4S/c1-24-17-11-13-18(14-12-17)26(22,23)21-19-9-5-6-10-20(19)25-15-16-7-3-2-4-8-16/h2-4,7-8,11-14,19-21H,5-6,9-10,15H2,1H3/t19-,20-/m0/s1. The second-order valence-corrected chi connectivity index (χ2v) is 8.24. The average Bonchev–Trinajstić information content (AvgIpc) is 2.68. The molecular formula is C20H25NO4S. The second kappa shape index (κ2) is 8.66.